The van der Waals surface area contributed by atoms with Gasteiger partial charge in [0.1, 0.15) is 12.3 Å². The minimum atomic E-state index is -4.53. The maximum Gasteiger partial charge on any atom is 0.416 e. The van der Waals surface area contributed by atoms with E-state index in [4.69, 9.17) is 8.83 Å². The Morgan fingerprint density at radius 2 is 2.05 bits per heavy atom. The van der Waals surface area contributed by atoms with E-state index >= 15 is 0 Å². The van der Waals surface area contributed by atoms with Crippen molar-refractivity contribution in [1.29, 1.82) is 0 Å². The van der Waals surface area contributed by atoms with E-state index in [0.29, 0.717) is 18.7 Å². The molecule has 1 aromatic carbocycles. The molecule has 10 nitrogen and oxygen atoms in total. The van der Waals surface area contributed by atoms with Crippen LogP contribution in [0.1, 0.15) is 41.2 Å². The van der Waals surface area contributed by atoms with Crippen LogP contribution in [0, 0.1) is 0 Å². The molecular weight excluding hydrogens is 525 g/mol. The lowest BCUT2D eigenvalue weighted by atomic mass is 10.1. The van der Waals surface area contributed by atoms with Gasteiger partial charge in [-0.1, -0.05) is 17.8 Å². The second kappa shape index (κ2) is 10.7. The van der Waals surface area contributed by atoms with Crippen molar-refractivity contribution in [3.63, 3.8) is 0 Å². The summed E-state index contributed by atoms with van der Waals surface area (Å²) in [7, 11) is 0. The van der Waals surface area contributed by atoms with Crippen LogP contribution in [-0.2, 0) is 16.7 Å². The molecule has 1 saturated heterocycles. The minimum absolute atomic E-state index is 0.00765. The average molecular weight is 547 g/mol. The number of furan rings is 1. The normalized spacial score (nSPS) is 16.2. The lowest BCUT2D eigenvalue weighted by Gasteiger charge is -2.13. The Morgan fingerprint density at radius 3 is 2.84 bits per heavy atom. The molecule has 5 rings (SSSR count). The van der Waals surface area contributed by atoms with E-state index in [1.54, 1.807) is 12.1 Å². The molecule has 2 N–H and O–H groups in total. The average Bonchev–Trinajstić information content (AvgIpc) is 3.64. The van der Waals surface area contributed by atoms with Crippen LogP contribution in [0.2, 0.25) is 0 Å². The number of benzene rings is 1. The van der Waals surface area contributed by atoms with Gasteiger partial charge in [-0.15, -0.1) is 10.2 Å². The van der Waals surface area contributed by atoms with E-state index in [-0.39, 0.29) is 39.9 Å². The van der Waals surface area contributed by atoms with Gasteiger partial charge in [-0.3, -0.25) is 14.2 Å². The lowest BCUT2D eigenvalue weighted by Crippen LogP contribution is -2.45. The molecule has 14 heteroatoms. The summed E-state index contributed by atoms with van der Waals surface area (Å²) in [6.07, 6.45) is 0.250. The van der Waals surface area contributed by atoms with Crippen LogP contribution >= 0.6 is 11.8 Å². The zero-order chi connectivity index (χ0) is 26.7. The number of carbonyl (C=O) groups excluding carboxylic acids is 2. The van der Waals surface area contributed by atoms with E-state index in [2.05, 4.69) is 25.8 Å². The number of oxazole rings is 1. The van der Waals surface area contributed by atoms with E-state index < -0.39 is 23.7 Å². The first-order chi connectivity index (χ1) is 18.3. The molecular formula is C24H21F3N6O4S. The zero-order valence-corrected chi connectivity index (χ0v) is 20.5. The van der Waals surface area contributed by atoms with E-state index in [0.717, 1.165) is 36.7 Å². The second-order valence-electron chi connectivity index (χ2n) is 8.39. The molecule has 1 aliphatic rings. The van der Waals surface area contributed by atoms with Gasteiger partial charge in [0.25, 0.3) is 5.91 Å². The van der Waals surface area contributed by atoms with Crippen LogP contribution in [-0.4, -0.2) is 44.1 Å². The van der Waals surface area contributed by atoms with Gasteiger partial charge >= 0.3 is 6.18 Å². The summed E-state index contributed by atoms with van der Waals surface area (Å²) >= 11 is 1.10. The zero-order valence-electron chi connectivity index (χ0n) is 19.7. The van der Waals surface area contributed by atoms with Crippen LogP contribution in [0.25, 0.3) is 17.3 Å². The molecule has 38 heavy (non-hydrogen) atoms. The number of nitrogens with one attached hydrogen (secondary N) is 2. The van der Waals surface area contributed by atoms with Crippen molar-refractivity contribution in [3.8, 4) is 17.3 Å². The van der Waals surface area contributed by atoms with Crippen molar-refractivity contribution >= 4 is 23.6 Å². The Labute approximate surface area is 218 Å². The summed E-state index contributed by atoms with van der Waals surface area (Å²) in [5.74, 6) is 0.0385. The first-order valence-corrected chi connectivity index (χ1v) is 12.6. The molecule has 1 fully saturated rings. The summed E-state index contributed by atoms with van der Waals surface area (Å²) < 4.78 is 52.4. The number of halogens is 3. The van der Waals surface area contributed by atoms with Gasteiger partial charge in [-0.05, 0) is 49.6 Å². The van der Waals surface area contributed by atoms with Gasteiger partial charge < -0.3 is 19.5 Å². The highest BCUT2D eigenvalue weighted by Gasteiger charge is 2.31. The quantitative estimate of drug-likeness (QED) is 0.330. The number of hydrogen-bond acceptors (Lipinski definition) is 8. The molecule has 1 atom stereocenters. The highest BCUT2D eigenvalue weighted by Crippen LogP contribution is 2.34. The number of carbonyl (C=O) groups is 2. The van der Waals surface area contributed by atoms with Crippen LogP contribution in [0.15, 0.2) is 62.9 Å². The van der Waals surface area contributed by atoms with Gasteiger partial charge in [0.15, 0.2) is 16.6 Å². The SMILES string of the molecule is O=C(NC1CCCCNC1=O)c1coc(CSc2nnc(-c3ccco3)n2-c2cccc(C(F)(F)F)c2)n1. The molecule has 3 aromatic heterocycles. The summed E-state index contributed by atoms with van der Waals surface area (Å²) in [4.78, 5) is 28.9. The van der Waals surface area contributed by atoms with Crippen molar-refractivity contribution in [2.45, 2.75) is 42.4 Å². The van der Waals surface area contributed by atoms with Crippen LogP contribution in [0.4, 0.5) is 13.2 Å². The summed E-state index contributed by atoms with van der Waals surface area (Å²) in [6, 6.07) is 7.38. The highest BCUT2D eigenvalue weighted by atomic mass is 32.2. The Bertz CT molecular complexity index is 1430. The van der Waals surface area contributed by atoms with Crippen molar-refractivity contribution in [2.24, 2.45) is 0 Å². The van der Waals surface area contributed by atoms with Crippen molar-refractivity contribution in [3.05, 3.63) is 66.1 Å². The van der Waals surface area contributed by atoms with Crippen LogP contribution in [0.3, 0.4) is 0 Å². The number of nitrogens with zero attached hydrogens (tertiary/aromatic N) is 4. The molecule has 2 amide bonds. The molecule has 0 saturated carbocycles. The Kier molecular flexibility index (Phi) is 7.22. The molecule has 4 aromatic rings. The number of rotatable bonds is 7. The summed E-state index contributed by atoms with van der Waals surface area (Å²) in [5, 5.41) is 13.9. The number of amides is 2. The third-order valence-corrected chi connectivity index (χ3v) is 6.67. The van der Waals surface area contributed by atoms with E-state index in [1.807, 2.05) is 0 Å². The maximum atomic E-state index is 13.4. The van der Waals surface area contributed by atoms with Crippen LogP contribution in [0.5, 0.6) is 0 Å². The number of alkyl halides is 3. The Hall–Kier alpha value is -4.07. The fourth-order valence-electron chi connectivity index (χ4n) is 3.90. The minimum Gasteiger partial charge on any atom is -0.461 e. The fraction of sp³-hybridized carbons (Fsp3) is 0.292. The van der Waals surface area contributed by atoms with Crippen molar-refractivity contribution < 1.29 is 31.6 Å². The molecule has 198 valence electrons. The van der Waals surface area contributed by atoms with Crippen molar-refractivity contribution in [1.82, 2.24) is 30.4 Å². The Balaban J connectivity index is 1.35. The Morgan fingerprint density at radius 1 is 1.18 bits per heavy atom. The number of aromatic nitrogens is 4. The smallest absolute Gasteiger partial charge is 0.416 e. The first-order valence-electron chi connectivity index (χ1n) is 11.6. The molecule has 0 spiro atoms. The van der Waals surface area contributed by atoms with Gasteiger partial charge in [0.2, 0.25) is 17.6 Å². The topological polar surface area (TPSA) is 128 Å². The molecule has 4 heterocycles. The fourth-order valence-corrected chi connectivity index (χ4v) is 4.70. The molecule has 0 bridgehead atoms. The summed E-state index contributed by atoms with van der Waals surface area (Å²) in [5.41, 5.74) is -0.628. The van der Waals surface area contributed by atoms with E-state index in [1.165, 1.54) is 29.2 Å². The summed E-state index contributed by atoms with van der Waals surface area (Å²) in [6.45, 7) is 0.573. The molecule has 1 aliphatic heterocycles. The predicted molar refractivity (Wildman–Crippen MR) is 128 cm³/mol. The van der Waals surface area contributed by atoms with Crippen LogP contribution < -0.4 is 10.6 Å². The molecule has 0 radical (unpaired) electrons. The van der Waals surface area contributed by atoms with Gasteiger partial charge in [-0.2, -0.15) is 13.2 Å². The van der Waals surface area contributed by atoms with E-state index in [9.17, 15) is 22.8 Å². The standard InChI is InChI=1S/C24H21F3N6O4S/c25-24(26,27)14-5-3-6-15(11-14)33-20(18-8-4-10-36-18)31-32-23(33)38-13-19-29-17(12-37-19)22(35)30-16-7-1-2-9-28-21(16)34/h3-6,8,10-12,16H,1-2,7,9,13H2,(H,28,34)(H,30,35). The molecule has 1 unspecified atom stereocenters. The first kappa shape index (κ1) is 25.6. The number of hydrogen-bond donors (Lipinski definition) is 2. The van der Waals surface area contributed by atoms with Gasteiger partial charge in [0, 0.05) is 6.54 Å². The third-order valence-electron chi connectivity index (χ3n) is 5.76. The number of thioether (sulfide) groups is 1. The van der Waals surface area contributed by atoms with Crippen molar-refractivity contribution in [2.75, 3.05) is 6.54 Å². The monoisotopic (exact) mass is 546 g/mol. The molecule has 0 aliphatic carbocycles. The maximum absolute atomic E-state index is 13.4. The highest BCUT2D eigenvalue weighted by molar-refractivity contribution is 7.98. The van der Waals surface area contributed by atoms with Gasteiger partial charge in [0.05, 0.1) is 23.3 Å². The predicted octanol–water partition coefficient (Wildman–Crippen LogP) is 4.22. The van der Waals surface area contributed by atoms with Gasteiger partial charge in [-0.25, -0.2) is 4.98 Å². The second-order valence-corrected chi connectivity index (χ2v) is 9.34. The largest absolute Gasteiger partial charge is 0.461 e. The lowest BCUT2D eigenvalue weighted by molar-refractivity contribution is -0.137. The third kappa shape index (κ3) is 5.59.